The number of hydrogen-bond acceptors (Lipinski definition) is 6. The maximum Gasteiger partial charge on any atom is 0.241 e. The molecule has 10 heteroatoms. The van der Waals surface area contributed by atoms with Crippen LogP contribution >= 0.6 is 15.9 Å². The van der Waals surface area contributed by atoms with Crippen LogP contribution in [0.2, 0.25) is 0 Å². The molecule has 1 aromatic carbocycles. The Morgan fingerprint density at radius 2 is 1.93 bits per heavy atom. The number of likely N-dealkylation sites (tertiary alicyclic amines) is 1. The summed E-state index contributed by atoms with van der Waals surface area (Å²) < 4.78 is 38.7. The molecule has 1 saturated heterocycles. The lowest BCUT2D eigenvalue weighted by atomic mass is 10.2. The Hall–Kier alpha value is -1.36. The second-order valence-corrected chi connectivity index (χ2v) is 9.41. The number of hydrogen-bond donors (Lipinski definition) is 1. The predicted molar refractivity (Wildman–Crippen MR) is 110 cm³/mol. The first-order chi connectivity index (χ1) is 13.2. The number of carbonyl (C=O) groups is 1. The Morgan fingerprint density at radius 3 is 2.54 bits per heavy atom. The van der Waals surface area contributed by atoms with Crippen molar-refractivity contribution in [1.82, 2.24) is 14.5 Å². The first-order valence-electron chi connectivity index (χ1n) is 9.07. The van der Waals surface area contributed by atoms with E-state index in [1.165, 1.54) is 20.3 Å². The van der Waals surface area contributed by atoms with Gasteiger partial charge >= 0.3 is 0 Å². The number of carbonyl (C=O) groups excluding carboxylic acids is 1. The highest BCUT2D eigenvalue weighted by Crippen LogP contribution is 2.35. The molecule has 28 heavy (non-hydrogen) atoms. The molecule has 1 aromatic rings. The maximum absolute atomic E-state index is 12.7. The van der Waals surface area contributed by atoms with Gasteiger partial charge in [0.1, 0.15) is 4.90 Å². The van der Waals surface area contributed by atoms with E-state index in [-0.39, 0.29) is 23.4 Å². The lowest BCUT2D eigenvalue weighted by Crippen LogP contribution is -2.43. The van der Waals surface area contributed by atoms with Crippen LogP contribution in [0.1, 0.15) is 19.3 Å². The lowest BCUT2D eigenvalue weighted by molar-refractivity contribution is -0.133. The quantitative estimate of drug-likeness (QED) is 0.544. The van der Waals surface area contributed by atoms with Gasteiger partial charge in [0.15, 0.2) is 11.5 Å². The van der Waals surface area contributed by atoms with Gasteiger partial charge < -0.3 is 14.4 Å². The summed E-state index contributed by atoms with van der Waals surface area (Å²) in [5.74, 6) is 0.888. The van der Waals surface area contributed by atoms with Crippen LogP contribution in [0.5, 0.6) is 11.5 Å². The van der Waals surface area contributed by atoms with E-state index in [2.05, 4.69) is 25.6 Å². The predicted octanol–water partition coefficient (Wildman–Crippen LogP) is 1.69. The van der Waals surface area contributed by atoms with Crippen molar-refractivity contribution in [2.75, 3.05) is 47.9 Å². The molecule has 1 amide bonds. The second kappa shape index (κ2) is 9.91. The van der Waals surface area contributed by atoms with E-state index in [0.717, 1.165) is 19.4 Å². The Kier molecular flexibility index (Phi) is 8.11. The average Bonchev–Trinajstić information content (AvgIpc) is 3.12. The smallest absolute Gasteiger partial charge is 0.241 e. The van der Waals surface area contributed by atoms with Gasteiger partial charge in [0.05, 0.1) is 20.3 Å². The Morgan fingerprint density at radius 1 is 1.29 bits per heavy atom. The van der Waals surface area contributed by atoms with E-state index in [0.29, 0.717) is 28.9 Å². The molecule has 0 spiro atoms. The highest BCUT2D eigenvalue weighted by Gasteiger charge is 2.31. The van der Waals surface area contributed by atoms with Crippen LogP contribution in [0.4, 0.5) is 0 Å². The van der Waals surface area contributed by atoms with Crippen LogP contribution < -0.4 is 14.2 Å². The number of likely N-dealkylation sites (N-methyl/N-ethyl adjacent to an activating group) is 1. The monoisotopic (exact) mass is 477 g/mol. The molecule has 1 aliphatic heterocycles. The molecule has 1 unspecified atom stereocenters. The van der Waals surface area contributed by atoms with Gasteiger partial charge in [0, 0.05) is 37.7 Å². The van der Waals surface area contributed by atoms with E-state index in [1.807, 2.05) is 0 Å². The van der Waals surface area contributed by atoms with Gasteiger partial charge in [-0.1, -0.05) is 0 Å². The van der Waals surface area contributed by atoms with Gasteiger partial charge in [-0.3, -0.25) is 9.69 Å². The average molecular weight is 478 g/mol. The summed E-state index contributed by atoms with van der Waals surface area (Å²) in [5, 5.41) is 0. The van der Waals surface area contributed by atoms with Crippen molar-refractivity contribution in [2.24, 2.45) is 0 Å². The normalized spacial score (nSPS) is 17.5. The summed E-state index contributed by atoms with van der Waals surface area (Å²) in [7, 11) is 2.75. The van der Waals surface area contributed by atoms with Crippen LogP contribution in [-0.4, -0.2) is 78.1 Å². The molecular weight excluding hydrogens is 450 g/mol. The van der Waals surface area contributed by atoms with Crippen molar-refractivity contribution in [3.63, 3.8) is 0 Å². The van der Waals surface area contributed by atoms with Gasteiger partial charge in [0.25, 0.3) is 0 Å². The third-order valence-electron chi connectivity index (χ3n) is 4.73. The molecular formula is C18H28BrN3O5S. The molecule has 0 aromatic heterocycles. The minimum absolute atomic E-state index is 0.0898. The number of halogens is 1. The zero-order valence-electron chi connectivity index (χ0n) is 16.7. The van der Waals surface area contributed by atoms with Crippen LogP contribution in [0, 0.1) is 0 Å². The fourth-order valence-electron chi connectivity index (χ4n) is 3.28. The molecule has 1 N–H and O–H groups in total. The van der Waals surface area contributed by atoms with Gasteiger partial charge in [-0.15, -0.1) is 0 Å². The number of benzene rings is 1. The van der Waals surface area contributed by atoms with Crippen molar-refractivity contribution < 1.29 is 22.7 Å². The summed E-state index contributed by atoms with van der Waals surface area (Å²) >= 11 is 3.28. The van der Waals surface area contributed by atoms with Crippen molar-refractivity contribution in [3.8, 4) is 11.5 Å². The van der Waals surface area contributed by atoms with E-state index in [4.69, 9.17) is 9.47 Å². The number of rotatable bonds is 9. The summed E-state index contributed by atoms with van der Waals surface area (Å²) in [4.78, 5) is 16.1. The largest absolute Gasteiger partial charge is 0.493 e. The van der Waals surface area contributed by atoms with Crippen molar-refractivity contribution >= 4 is 31.9 Å². The molecule has 0 saturated carbocycles. The minimum atomic E-state index is -3.71. The number of nitrogens with zero attached hydrogens (tertiary/aromatic N) is 2. The summed E-state index contributed by atoms with van der Waals surface area (Å²) in [6.07, 6.45) is 2.44. The molecule has 1 aliphatic rings. The maximum atomic E-state index is 12.7. The molecule has 1 atom stereocenters. The van der Waals surface area contributed by atoms with Gasteiger partial charge in [-0.05, 0) is 47.8 Å². The van der Waals surface area contributed by atoms with Crippen molar-refractivity contribution in [2.45, 2.75) is 30.2 Å². The number of amides is 1. The van der Waals surface area contributed by atoms with Gasteiger partial charge in [0.2, 0.25) is 15.9 Å². The fourth-order valence-corrected chi connectivity index (χ4v) is 5.39. The van der Waals surface area contributed by atoms with Crippen LogP contribution in [0.25, 0.3) is 0 Å². The summed E-state index contributed by atoms with van der Waals surface area (Å²) in [6.45, 7) is 1.81. The summed E-state index contributed by atoms with van der Waals surface area (Å²) in [6, 6.07) is 2.89. The Labute approximate surface area is 175 Å². The number of methoxy groups -OCH3 is 2. The van der Waals surface area contributed by atoms with Crippen molar-refractivity contribution in [1.29, 1.82) is 0 Å². The van der Waals surface area contributed by atoms with Crippen molar-refractivity contribution in [3.05, 3.63) is 16.6 Å². The van der Waals surface area contributed by atoms with E-state index in [1.54, 1.807) is 25.1 Å². The molecule has 0 bridgehead atoms. The first-order valence-corrected chi connectivity index (χ1v) is 11.3. The van der Waals surface area contributed by atoms with Gasteiger partial charge in [-0.2, -0.15) is 0 Å². The molecule has 158 valence electrons. The SMILES string of the molecule is COc1cc(Br)c(S(=O)(=O)NCCCN2CCCC2C(=O)N(C)C)cc1OC. The third kappa shape index (κ3) is 5.37. The zero-order valence-corrected chi connectivity index (χ0v) is 19.1. The van der Waals surface area contributed by atoms with E-state index in [9.17, 15) is 13.2 Å². The van der Waals surface area contributed by atoms with Crippen LogP contribution in [0.15, 0.2) is 21.5 Å². The number of sulfonamides is 1. The molecule has 0 aliphatic carbocycles. The third-order valence-corrected chi connectivity index (χ3v) is 7.15. The Bertz CT molecular complexity index is 801. The molecule has 1 fully saturated rings. The molecule has 1 heterocycles. The Balaban J connectivity index is 1.96. The minimum Gasteiger partial charge on any atom is -0.493 e. The first kappa shape index (κ1) is 22.9. The number of nitrogens with one attached hydrogen (secondary N) is 1. The molecule has 8 nitrogen and oxygen atoms in total. The standard InChI is InChI=1S/C18H28BrN3O5S/c1-21(2)18(23)14-7-5-9-22(14)10-6-8-20-28(24,25)17-12-16(27-4)15(26-3)11-13(17)19/h11-12,14,20H,5-10H2,1-4H3. The lowest BCUT2D eigenvalue weighted by Gasteiger charge is -2.26. The molecule has 2 rings (SSSR count). The van der Waals surface area contributed by atoms with Gasteiger partial charge in [-0.25, -0.2) is 13.1 Å². The fraction of sp³-hybridized carbons (Fsp3) is 0.611. The topological polar surface area (TPSA) is 88.2 Å². The van der Waals surface area contributed by atoms with E-state index < -0.39 is 10.0 Å². The number of ether oxygens (including phenoxy) is 2. The zero-order chi connectivity index (χ0) is 20.9. The van der Waals surface area contributed by atoms with Crippen LogP contribution in [-0.2, 0) is 14.8 Å². The highest BCUT2D eigenvalue weighted by molar-refractivity contribution is 9.10. The second-order valence-electron chi connectivity index (χ2n) is 6.82. The highest BCUT2D eigenvalue weighted by atomic mass is 79.9. The van der Waals surface area contributed by atoms with Crippen LogP contribution in [0.3, 0.4) is 0 Å². The molecule has 0 radical (unpaired) electrons. The van der Waals surface area contributed by atoms with E-state index >= 15 is 0 Å². The summed E-state index contributed by atoms with van der Waals surface area (Å²) in [5.41, 5.74) is 0.